The number of hydrogen-bond donors (Lipinski definition) is 1. The third-order valence-electron chi connectivity index (χ3n) is 4.79. The molecule has 3 heteroatoms. The van der Waals surface area contributed by atoms with Crippen molar-refractivity contribution in [3.05, 3.63) is 30.1 Å². The molecule has 0 radical (unpaired) electrons. The number of likely N-dealkylation sites (N-methyl/N-ethyl adjacent to an activating group) is 1. The van der Waals surface area contributed by atoms with E-state index >= 15 is 0 Å². The van der Waals surface area contributed by atoms with Crippen LogP contribution in [0.4, 0.5) is 10.1 Å². The Hall–Kier alpha value is -1.09. The lowest BCUT2D eigenvalue weighted by molar-refractivity contribution is 0.218. The molecule has 0 bridgehead atoms. The predicted octanol–water partition coefficient (Wildman–Crippen LogP) is 3.56. The fourth-order valence-corrected chi connectivity index (χ4v) is 3.40. The van der Waals surface area contributed by atoms with Gasteiger partial charge in [-0.05, 0) is 37.0 Å². The molecule has 0 aliphatic heterocycles. The highest BCUT2D eigenvalue weighted by Crippen LogP contribution is 2.39. The van der Waals surface area contributed by atoms with E-state index in [4.69, 9.17) is 5.73 Å². The summed E-state index contributed by atoms with van der Waals surface area (Å²) in [7, 11) is 2.06. The molecular formula is C16H25FN2. The van der Waals surface area contributed by atoms with E-state index in [1.807, 2.05) is 6.07 Å². The summed E-state index contributed by atoms with van der Waals surface area (Å²) in [5.41, 5.74) is 7.02. The van der Waals surface area contributed by atoms with E-state index in [0.717, 1.165) is 24.4 Å². The standard InChI is InChI=1S/C16H25FN2/c1-3-13-6-5-9-16(11-13,12-18)19(2)15-8-4-7-14(17)10-15/h4,7-8,10,13H,3,5-6,9,11-12,18H2,1-2H3. The first-order valence-electron chi connectivity index (χ1n) is 7.31. The molecule has 0 spiro atoms. The summed E-state index contributed by atoms with van der Waals surface area (Å²) >= 11 is 0. The lowest BCUT2D eigenvalue weighted by Crippen LogP contribution is -2.55. The summed E-state index contributed by atoms with van der Waals surface area (Å²) in [6, 6.07) is 6.83. The van der Waals surface area contributed by atoms with Crippen molar-refractivity contribution >= 4 is 5.69 Å². The van der Waals surface area contributed by atoms with Crippen LogP contribution in [0.25, 0.3) is 0 Å². The predicted molar refractivity (Wildman–Crippen MR) is 78.8 cm³/mol. The Bertz CT molecular complexity index is 421. The molecule has 0 amide bonds. The molecule has 19 heavy (non-hydrogen) atoms. The lowest BCUT2D eigenvalue weighted by Gasteiger charge is -2.47. The number of benzene rings is 1. The van der Waals surface area contributed by atoms with E-state index in [2.05, 4.69) is 18.9 Å². The Kier molecular flexibility index (Phi) is 4.46. The molecule has 2 N–H and O–H groups in total. The van der Waals surface area contributed by atoms with Crippen LogP contribution in [0.3, 0.4) is 0 Å². The van der Waals surface area contributed by atoms with E-state index in [0.29, 0.717) is 6.54 Å². The zero-order valence-electron chi connectivity index (χ0n) is 12.0. The van der Waals surface area contributed by atoms with Crippen molar-refractivity contribution in [1.82, 2.24) is 0 Å². The third kappa shape index (κ3) is 2.92. The van der Waals surface area contributed by atoms with Gasteiger partial charge in [-0.15, -0.1) is 0 Å². The molecule has 0 saturated heterocycles. The van der Waals surface area contributed by atoms with Gasteiger partial charge in [-0.1, -0.05) is 32.3 Å². The Morgan fingerprint density at radius 3 is 2.89 bits per heavy atom. The fraction of sp³-hybridized carbons (Fsp3) is 0.625. The molecule has 2 unspecified atom stereocenters. The summed E-state index contributed by atoms with van der Waals surface area (Å²) in [6.07, 6.45) is 5.95. The maximum absolute atomic E-state index is 13.4. The zero-order valence-corrected chi connectivity index (χ0v) is 12.0. The Morgan fingerprint density at radius 1 is 1.47 bits per heavy atom. The molecule has 1 aromatic rings. The monoisotopic (exact) mass is 264 g/mol. The second kappa shape index (κ2) is 5.91. The summed E-state index contributed by atoms with van der Waals surface area (Å²) in [6.45, 7) is 2.88. The van der Waals surface area contributed by atoms with Gasteiger partial charge in [0.05, 0.1) is 5.54 Å². The normalized spacial score (nSPS) is 27.3. The summed E-state index contributed by atoms with van der Waals surface area (Å²) < 4.78 is 13.4. The Balaban J connectivity index is 2.25. The van der Waals surface area contributed by atoms with E-state index in [-0.39, 0.29) is 11.4 Å². The quantitative estimate of drug-likeness (QED) is 0.901. The largest absolute Gasteiger partial charge is 0.368 e. The van der Waals surface area contributed by atoms with Crippen LogP contribution in [-0.4, -0.2) is 19.1 Å². The van der Waals surface area contributed by atoms with Crippen LogP contribution in [0.1, 0.15) is 39.0 Å². The van der Waals surface area contributed by atoms with E-state index < -0.39 is 0 Å². The third-order valence-corrected chi connectivity index (χ3v) is 4.79. The molecule has 1 fully saturated rings. The van der Waals surface area contributed by atoms with Crippen molar-refractivity contribution in [3.63, 3.8) is 0 Å². The van der Waals surface area contributed by atoms with Gasteiger partial charge >= 0.3 is 0 Å². The summed E-state index contributed by atoms with van der Waals surface area (Å²) in [4.78, 5) is 2.21. The maximum Gasteiger partial charge on any atom is 0.125 e. The summed E-state index contributed by atoms with van der Waals surface area (Å²) in [5, 5.41) is 0. The fourth-order valence-electron chi connectivity index (χ4n) is 3.40. The minimum Gasteiger partial charge on any atom is -0.368 e. The van der Waals surface area contributed by atoms with Gasteiger partial charge in [0.1, 0.15) is 5.82 Å². The smallest absolute Gasteiger partial charge is 0.125 e. The number of nitrogens with zero attached hydrogens (tertiary/aromatic N) is 1. The molecule has 0 aromatic heterocycles. The molecule has 1 saturated carbocycles. The highest BCUT2D eigenvalue weighted by atomic mass is 19.1. The van der Waals surface area contributed by atoms with Crippen LogP contribution in [0.2, 0.25) is 0 Å². The van der Waals surface area contributed by atoms with Crippen molar-refractivity contribution in [2.24, 2.45) is 11.7 Å². The van der Waals surface area contributed by atoms with Crippen LogP contribution in [0, 0.1) is 11.7 Å². The van der Waals surface area contributed by atoms with Gasteiger partial charge in [0.15, 0.2) is 0 Å². The number of nitrogens with two attached hydrogens (primary N) is 1. The van der Waals surface area contributed by atoms with Gasteiger partial charge in [-0.25, -0.2) is 4.39 Å². The first-order valence-corrected chi connectivity index (χ1v) is 7.31. The molecule has 1 aromatic carbocycles. The van der Waals surface area contributed by atoms with Crippen LogP contribution in [0.5, 0.6) is 0 Å². The number of hydrogen-bond acceptors (Lipinski definition) is 2. The first kappa shape index (κ1) is 14.3. The SMILES string of the molecule is CCC1CCCC(CN)(N(C)c2cccc(F)c2)C1. The van der Waals surface area contributed by atoms with E-state index in [1.165, 1.54) is 25.3 Å². The molecule has 106 valence electrons. The number of anilines is 1. The van der Waals surface area contributed by atoms with E-state index in [1.54, 1.807) is 12.1 Å². The molecule has 2 nitrogen and oxygen atoms in total. The van der Waals surface area contributed by atoms with Crippen molar-refractivity contribution in [3.8, 4) is 0 Å². The van der Waals surface area contributed by atoms with Gasteiger partial charge in [-0.3, -0.25) is 0 Å². The highest BCUT2D eigenvalue weighted by Gasteiger charge is 2.38. The minimum absolute atomic E-state index is 0.00722. The average Bonchev–Trinajstić information content (AvgIpc) is 2.46. The first-order chi connectivity index (χ1) is 9.11. The topological polar surface area (TPSA) is 29.3 Å². The second-order valence-corrected chi connectivity index (χ2v) is 5.84. The maximum atomic E-state index is 13.4. The molecule has 1 aliphatic rings. The van der Waals surface area contributed by atoms with Gasteiger partial charge in [0, 0.05) is 19.3 Å². The van der Waals surface area contributed by atoms with Gasteiger partial charge in [0.25, 0.3) is 0 Å². The second-order valence-electron chi connectivity index (χ2n) is 5.84. The highest BCUT2D eigenvalue weighted by molar-refractivity contribution is 5.49. The molecule has 2 rings (SSSR count). The van der Waals surface area contributed by atoms with Gasteiger partial charge in [0.2, 0.25) is 0 Å². The van der Waals surface area contributed by atoms with Crippen LogP contribution < -0.4 is 10.6 Å². The van der Waals surface area contributed by atoms with Crippen LogP contribution in [0.15, 0.2) is 24.3 Å². The average molecular weight is 264 g/mol. The Labute approximate surface area is 115 Å². The van der Waals surface area contributed by atoms with Crippen molar-refractivity contribution in [2.45, 2.75) is 44.6 Å². The summed E-state index contributed by atoms with van der Waals surface area (Å²) in [5.74, 6) is 0.563. The number of halogens is 1. The minimum atomic E-state index is -0.181. The van der Waals surface area contributed by atoms with E-state index in [9.17, 15) is 4.39 Å². The van der Waals surface area contributed by atoms with Crippen molar-refractivity contribution < 1.29 is 4.39 Å². The van der Waals surface area contributed by atoms with Crippen LogP contribution in [-0.2, 0) is 0 Å². The number of rotatable bonds is 4. The van der Waals surface area contributed by atoms with Crippen LogP contribution >= 0.6 is 0 Å². The van der Waals surface area contributed by atoms with Gasteiger partial charge < -0.3 is 10.6 Å². The molecule has 2 atom stereocenters. The molecule has 0 heterocycles. The lowest BCUT2D eigenvalue weighted by atomic mass is 9.73. The zero-order chi connectivity index (χ0) is 13.9. The molecular weight excluding hydrogens is 239 g/mol. The van der Waals surface area contributed by atoms with Crippen molar-refractivity contribution in [1.29, 1.82) is 0 Å². The molecule has 1 aliphatic carbocycles. The Morgan fingerprint density at radius 2 is 2.26 bits per heavy atom. The van der Waals surface area contributed by atoms with Gasteiger partial charge in [-0.2, -0.15) is 0 Å². The van der Waals surface area contributed by atoms with Crippen molar-refractivity contribution in [2.75, 3.05) is 18.5 Å².